The normalized spacial score (nSPS) is 11.1. The average molecular weight is 279 g/mol. The third-order valence-corrected chi connectivity index (χ3v) is 4.01. The van der Waals surface area contributed by atoms with Gasteiger partial charge in [0, 0.05) is 16.5 Å². The van der Waals surface area contributed by atoms with Crippen LogP contribution in [0.5, 0.6) is 0 Å². The number of halogens is 2. The van der Waals surface area contributed by atoms with Crippen LogP contribution in [0.25, 0.3) is 21.3 Å². The Labute approximate surface area is 112 Å². The maximum absolute atomic E-state index is 13.8. The van der Waals surface area contributed by atoms with Gasteiger partial charge in [-0.05, 0) is 13.0 Å². The maximum Gasteiger partial charge on any atom is 0.150 e. The third-order valence-electron chi connectivity index (χ3n) is 2.65. The minimum Gasteiger partial charge on any atom is -0.232 e. The van der Waals surface area contributed by atoms with Crippen molar-refractivity contribution in [2.24, 2.45) is 0 Å². The number of hydrogen-bond donors (Lipinski definition) is 0. The van der Waals surface area contributed by atoms with E-state index in [1.165, 1.54) is 17.4 Å². The predicted molar refractivity (Wildman–Crippen MR) is 72.6 cm³/mol. The van der Waals surface area contributed by atoms with Gasteiger partial charge in [0.05, 0.1) is 10.2 Å². The molecule has 2 nitrogen and oxygen atoms in total. The van der Waals surface area contributed by atoms with Crippen LogP contribution in [0.3, 0.4) is 0 Å². The molecule has 0 saturated heterocycles. The molecule has 0 unspecified atom stereocenters. The number of hydrogen-bond acceptors (Lipinski definition) is 3. The Hall–Kier alpha value is -1.52. The summed E-state index contributed by atoms with van der Waals surface area (Å²) in [6, 6.07) is 6.65. The van der Waals surface area contributed by atoms with E-state index in [1.807, 2.05) is 5.38 Å². The largest absolute Gasteiger partial charge is 0.232 e. The molecule has 0 spiro atoms. The van der Waals surface area contributed by atoms with Gasteiger partial charge in [-0.25, -0.2) is 14.4 Å². The average Bonchev–Trinajstić information content (AvgIpc) is 2.73. The van der Waals surface area contributed by atoms with Crippen LogP contribution in [-0.4, -0.2) is 9.97 Å². The van der Waals surface area contributed by atoms with Crippen molar-refractivity contribution < 1.29 is 4.39 Å². The molecule has 1 aromatic carbocycles. The summed E-state index contributed by atoms with van der Waals surface area (Å²) >= 11 is 7.50. The fraction of sp³-hybridized carbons (Fsp3) is 0.0769. The highest BCUT2D eigenvalue weighted by Gasteiger charge is 2.14. The van der Waals surface area contributed by atoms with Crippen LogP contribution in [0.15, 0.2) is 29.6 Å². The Morgan fingerprint density at radius 3 is 2.72 bits per heavy atom. The molecule has 5 heteroatoms. The van der Waals surface area contributed by atoms with Crippen LogP contribution >= 0.6 is 22.9 Å². The van der Waals surface area contributed by atoms with Crippen molar-refractivity contribution in [2.45, 2.75) is 6.92 Å². The molecule has 0 bridgehead atoms. The lowest BCUT2D eigenvalue weighted by atomic mass is 10.1. The van der Waals surface area contributed by atoms with E-state index in [1.54, 1.807) is 25.1 Å². The summed E-state index contributed by atoms with van der Waals surface area (Å²) in [5.74, 6) is 0.327. The maximum atomic E-state index is 13.8. The number of nitrogens with zero attached hydrogens (tertiary/aromatic N) is 2. The number of thiophene rings is 1. The van der Waals surface area contributed by atoms with Gasteiger partial charge in [-0.15, -0.1) is 11.3 Å². The zero-order valence-corrected chi connectivity index (χ0v) is 11.0. The topological polar surface area (TPSA) is 25.8 Å². The van der Waals surface area contributed by atoms with Crippen LogP contribution in [0.2, 0.25) is 5.15 Å². The smallest absolute Gasteiger partial charge is 0.150 e. The van der Waals surface area contributed by atoms with Gasteiger partial charge in [0.2, 0.25) is 0 Å². The molecule has 0 aliphatic rings. The molecular weight excluding hydrogens is 271 g/mol. The van der Waals surface area contributed by atoms with Gasteiger partial charge in [0.25, 0.3) is 0 Å². The van der Waals surface area contributed by atoms with Gasteiger partial charge in [-0.1, -0.05) is 29.8 Å². The molecular formula is C13H8ClFN2S. The molecule has 3 aromatic rings. The van der Waals surface area contributed by atoms with E-state index in [-0.39, 0.29) is 5.82 Å². The SMILES string of the molecule is Cc1nc(Cl)c2scc(-c3ccccc3F)c2n1. The molecule has 0 aliphatic heterocycles. The third kappa shape index (κ3) is 1.78. The summed E-state index contributed by atoms with van der Waals surface area (Å²) < 4.78 is 14.6. The van der Waals surface area contributed by atoms with Crippen molar-refractivity contribution >= 4 is 33.2 Å². The fourth-order valence-corrected chi connectivity index (χ4v) is 3.09. The number of rotatable bonds is 1. The van der Waals surface area contributed by atoms with E-state index in [4.69, 9.17) is 11.6 Å². The monoisotopic (exact) mass is 278 g/mol. The first-order valence-electron chi connectivity index (χ1n) is 5.33. The van der Waals surface area contributed by atoms with Crippen LogP contribution < -0.4 is 0 Å². The van der Waals surface area contributed by atoms with Crippen LogP contribution in [-0.2, 0) is 0 Å². The summed E-state index contributed by atoms with van der Waals surface area (Å²) in [4.78, 5) is 8.46. The molecule has 2 aromatic heterocycles. The van der Waals surface area contributed by atoms with E-state index in [2.05, 4.69) is 9.97 Å². The first-order chi connectivity index (χ1) is 8.66. The van der Waals surface area contributed by atoms with Gasteiger partial charge in [-0.3, -0.25) is 0 Å². The summed E-state index contributed by atoms with van der Waals surface area (Å²) in [6.07, 6.45) is 0. The molecule has 90 valence electrons. The number of fused-ring (bicyclic) bond motifs is 1. The van der Waals surface area contributed by atoms with Crippen molar-refractivity contribution in [3.63, 3.8) is 0 Å². The van der Waals surface area contributed by atoms with Gasteiger partial charge in [-0.2, -0.15) is 0 Å². The van der Waals surface area contributed by atoms with Crippen molar-refractivity contribution in [2.75, 3.05) is 0 Å². The highest BCUT2D eigenvalue weighted by atomic mass is 35.5. The molecule has 18 heavy (non-hydrogen) atoms. The molecule has 3 rings (SSSR count). The first-order valence-corrected chi connectivity index (χ1v) is 6.59. The molecule has 0 amide bonds. The molecule has 2 heterocycles. The highest BCUT2D eigenvalue weighted by molar-refractivity contribution is 7.18. The highest BCUT2D eigenvalue weighted by Crippen LogP contribution is 2.36. The van der Waals surface area contributed by atoms with E-state index in [9.17, 15) is 4.39 Å². The van der Waals surface area contributed by atoms with Crippen LogP contribution in [0.1, 0.15) is 5.82 Å². The van der Waals surface area contributed by atoms with Crippen LogP contribution in [0.4, 0.5) is 4.39 Å². The number of aryl methyl sites for hydroxylation is 1. The lowest BCUT2D eigenvalue weighted by Gasteiger charge is -2.02. The molecule has 0 fully saturated rings. The van der Waals surface area contributed by atoms with E-state index >= 15 is 0 Å². The summed E-state index contributed by atoms with van der Waals surface area (Å²) in [5.41, 5.74) is 2.01. The van der Waals surface area contributed by atoms with Gasteiger partial charge in [0.15, 0.2) is 5.15 Å². The van der Waals surface area contributed by atoms with Crippen molar-refractivity contribution in [3.05, 3.63) is 46.4 Å². The summed E-state index contributed by atoms with van der Waals surface area (Å²) in [6.45, 7) is 1.77. The molecule has 0 N–H and O–H groups in total. The summed E-state index contributed by atoms with van der Waals surface area (Å²) in [5, 5.41) is 2.29. The Bertz CT molecular complexity index is 739. The zero-order chi connectivity index (χ0) is 12.7. The molecule has 0 saturated carbocycles. The molecule has 0 radical (unpaired) electrons. The van der Waals surface area contributed by atoms with Crippen molar-refractivity contribution in [1.82, 2.24) is 9.97 Å². The second-order valence-electron chi connectivity index (χ2n) is 3.87. The van der Waals surface area contributed by atoms with Crippen molar-refractivity contribution in [3.8, 4) is 11.1 Å². The minimum atomic E-state index is -0.260. The van der Waals surface area contributed by atoms with Gasteiger partial charge < -0.3 is 0 Å². The van der Waals surface area contributed by atoms with Gasteiger partial charge in [0.1, 0.15) is 11.6 Å². The standard InChI is InChI=1S/C13H8ClFN2S/c1-7-16-11-9(6-18-12(11)13(14)17-7)8-4-2-3-5-10(8)15/h2-6H,1H3. The fourth-order valence-electron chi connectivity index (χ4n) is 1.86. The predicted octanol–water partition coefficient (Wildman–Crippen LogP) is 4.46. The Morgan fingerprint density at radius 1 is 1.17 bits per heavy atom. The molecule has 0 atom stereocenters. The Balaban J connectivity index is 2.34. The minimum absolute atomic E-state index is 0.260. The second-order valence-corrected chi connectivity index (χ2v) is 5.11. The van der Waals surface area contributed by atoms with Crippen LogP contribution in [0, 0.1) is 12.7 Å². The van der Waals surface area contributed by atoms with Crippen molar-refractivity contribution in [1.29, 1.82) is 0 Å². The quantitative estimate of drug-likeness (QED) is 0.614. The summed E-state index contributed by atoms with van der Waals surface area (Å²) in [7, 11) is 0. The van der Waals surface area contributed by atoms with E-state index in [0.29, 0.717) is 22.1 Å². The van der Waals surface area contributed by atoms with E-state index < -0.39 is 0 Å². The molecule has 0 aliphatic carbocycles. The lowest BCUT2D eigenvalue weighted by molar-refractivity contribution is 0.631. The Morgan fingerprint density at radius 2 is 1.94 bits per heavy atom. The van der Waals surface area contributed by atoms with E-state index in [0.717, 1.165) is 10.3 Å². The first kappa shape index (κ1) is 11.6. The number of benzene rings is 1. The Kier molecular flexibility index (Phi) is 2.76. The lowest BCUT2D eigenvalue weighted by Crippen LogP contribution is -1.89. The second kappa shape index (κ2) is 4.30. The number of aromatic nitrogens is 2. The zero-order valence-electron chi connectivity index (χ0n) is 9.45. The van der Waals surface area contributed by atoms with Gasteiger partial charge >= 0.3 is 0 Å².